The second kappa shape index (κ2) is 5.30. The highest BCUT2D eigenvalue weighted by Crippen LogP contribution is 2.20. The van der Waals surface area contributed by atoms with Gasteiger partial charge in [0.2, 0.25) is 0 Å². The summed E-state index contributed by atoms with van der Waals surface area (Å²) in [5.41, 5.74) is -0.322. The van der Waals surface area contributed by atoms with Crippen LogP contribution in [0.15, 0.2) is 12.3 Å². The van der Waals surface area contributed by atoms with E-state index in [0.29, 0.717) is 13.1 Å². The van der Waals surface area contributed by atoms with Crippen molar-refractivity contribution in [2.24, 2.45) is 0 Å². The van der Waals surface area contributed by atoms with Gasteiger partial charge in [0.05, 0.1) is 0 Å². The van der Waals surface area contributed by atoms with Gasteiger partial charge in [-0.05, 0) is 26.1 Å². The quantitative estimate of drug-likeness (QED) is 0.854. The number of rotatable bonds is 2. The first kappa shape index (κ1) is 12.8. The lowest BCUT2D eigenvalue weighted by Gasteiger charge is -2.22. The van der Waals surface area contributed by atoms with Crippen molar-refractivity contribution in [3.8, 4) is 0 Å². The first-order chi connectivity index (χ1) is 8.59. The maximum atomic E-state index is 14.0. The summed E-state index contributed by atoms with van der Waals surface area (Å²) in [5.74, 6) is -1.86. The highest BCUT2D eigenvalue weighted by atomic mass is 19.1. The minimum Gasteiger partial charge on any atom is -0.478 e. The largest absolute Gasteiger partial charge is 0.478 e. The van der Waals surface area contributed by atoms with Crippen molar-refractivity contribution >= 4 is 11.8 Å². The van der Waals surface area contributed by atoms with Gasteiger partial charge in [-0.15, -0.1) is 0 Å². The Kier molecular flexibility index (Phi) is 3.76. The van der Waals surface area contributed by atoms with E-state index in [4.69, 9.17) is 5.11 Å². The molecule has 0 amide bonds. The topological polar surface area (TPSA) is 56.7 Å². The van der Waals surface area contributed by atoms with Gasteiger partial charge in [0.15, 0.2) is 11.6 Å². The molecule has 0 aromatic carbocycles. The molecule has 0 bridgehead atoms. The number of likely N-dealkylation sites (N-methyl/N-ethyl adjacent to an activating group) is 1. The third-order valence-electron chi connectivity index (χ3n) is 3.12. The molecule has 1 saturated heterocycles. The SMILES string of the molecule is CN1CCCN(c2nccc(C(=O)O)c2F)CC1. The maximum absolute atomic E-state index is 14.0. The monoisotopic (exact) mass is 253 g/mol. The van der Waals surface area contributed by atoms with Crippen molar-refractivity contribution in [1.29, 1.82) is 0 Å². The van der Waals surface area contributed by atoms with Crippen LogP contribution in [-0.2, 0) is 0 Å². The fourth-order valence-electron chi connectivity index (χ4n) is 2.08. The number of anilines is 1. The van der Waals surface area contributed by atoms with E-state index in [1.54, 1.807) is 0 Å². The van der Waals surface area contributed by atoms with Crippen LogP contribution in [0.1, 0.15) is 16.8 Å². The number of carbonyl (C=O) groups is 1. The van der Waals surface area contributed by atoms with Crippen LogP contribution < -0.4 is 4.90 Å². The maximum Gasteiger partial charge on any atom is 0.338 e. The predicted molar refractivity (Wildman–Crippen MR) is 65.5 cm³/mol. The van der Waals surface area contributed by atoms with Gasteiger partial charge in [-0.2, -0.15) is 0 Å². The van der Waals surface area contributed by atoms with E-state index in [1.807, 2.05) is 11.9 Å². The molecule has 0 unspecified atom stereocenters. The van der Waals surface area contributed by atoms with Gasteiger partial charge in [0.25, 0.3) is 0 Å². The minimum atomic E-state index is -1.26. The molecular weight excluding hydrogens is 237 g/mol. The Bertz CT molecular complexity index is 453. The molecule has 5 nitrogen and oxygen atoms in total. The van der Waals surface area contributed by atoms with Crippen LogP contribution in [0.2, 0.25) is 0 Å². The number of pyridine rings is 1. The summed E-state index contributed by atoms with van der Waals surface area (Å²) in [5, 5.41) is 8.89. The molecular formula is C12H16FN3O2. The van der Waals surface area contributed by atoms with Crippen LogP contribution in [-0.4, -0.2) is 54.2 Å². The average Bonchev–Trinajstić information content (AvgIpc) is 2.54. The Morgan fingerprint density at radius 1 is 1.39 bits per heavy atom. The van der Waals surface area contributed by atoms with E-state index in [1.165, 1.54) is 12.3 Å². The van der Waals surface area contributed by atoms with E-state index in [0.717, 1.165) is 19.5 Å². The Morgan fingerprint density at radius 2 is 2.17 bits per heavy atom. The first-order valence-corrected chi connectivity index (χ1v) is 5.91. The fraction of sp³-hybridized carbons (Fsp3) is 0.500. The molecule has 18 heavy (non-hydrogen) atoms. The Balaban J connectivity index is 2.27. The standard InChI is InChI=1S/C12H16FN3O2/c1-15-5-2-6-16(8-7-15)11-10(13)9(12(17)18)3-4-14-11/h3-4H,2,5-8H2,1H3,(H,17,18). The zero-order chi connectivity index (χ0) is 13.1. The number of aromatic carboxylic acids is 1. The van der Waals surface area contributed by atoms with Gasteiger partial charge >= 0.3 is 5.97 Å². The van der Waals surface area contributed by atoms with Gasteiger partial charge in [-0.1, -0.05) is 0 Å². The lowest BCUT2D eigenvalue weighted by Crippen LogP contribution is -2.30. The normalized spacial score (nSPS) is 17.6. The summed E-state index contributed by atoms with van der Waals surface area (Å²) < 4.78 is 14.0. The van der Waals surface area contributed by atoms with Crippen molar-refractivity contribution in [1.82, 2.24) is 9.88 Å². The second-order valence-electron chi connectivity index (χ2n) is 4.45. The predicted octanol–water partition coefficient (Wildman–Crippen LogP) is 1.06. The van der Waals surface area contributed by atoms with Gasteiger partial charge in [0.1, 0.15) is 5.56 Å². The fourth-order valence-corrected chi connectivity index (χ4v) is 2.08. The molecule has 1 aromatic rings. The summed E-state index contributed by atoms with van der Waals surface area (Å²) in [6.07, 6.45) is 2.26. The molecule has 0 radical (unpaired) electrons. The molecule has 1 aliphatic rings. The Labute approximate surface area is 105 Å². The number of carboxylic acids is 1. The lowest BCUT2D eigenvalue weighted by atomic mass is 10.2. The number of carboxylic acid groups (broad SMARTS) is 1. The highest BCUT2D eigenvalue weighted by Gasteiger charge is 2.21. The van der Waals surface area contributed by atoms with Crippen molar-refractivity contribution in [3.05, 3.63) is 23.6 Å². The Morgan fingerprint density at radius 3 is 2.89 bits per heavy atom. The van der Waals surface area contributed by atoms with Crippen LogP contribution in [0, 0.1) is 5.82 Å². The molecule has 1 fully saturated rings. The van der Waals surface area contributed by atoms with Gasteiger partial charge in [-0.3, -0.25) is 0 Å². The summed E-state index contributed by atoms with van der Waals surface area (Å²) in [7, 11) is 2.01. The number of nitrogens with zero attached hydrogens (tertiary/aromatic N) is 3. The summed E-state index contributed by atoms with van der Waals surface area (Å²) >= 11 is 0. The molecule has 2 heterocycles. The average molecular weight is 253 g/mol. The van der Waals surface area contributed by atoms with E-state index < -0.39 is 11.8 Å². The Hall–Kier alpha value is -1.69. The molecule has 1 N–H and O–H groups in total. The van der Waals surface area contributed by atoms with Gasteiger partial charge in [-0.25, -0.2) is 14.2 Å². The third-order valence-corrected chi connectivity index (χ3v) is 3.12. The van der Waals surface area contributed by atoms with Crippen molar-refractivity contribution in [2.45, 2.75) is 6.42 Å². The van der Waals surface area contributed by atoms with Crippen LogP contribution in [0.4, 0.5) is 10.2 Å². The molecule has 2 rings (SSSR count). The first-order valence-electron chi connectivity index (χ1n) is 5.91. The number of halogens is 1. The lowest BCUT2D eigenvalue weighted by molar-refractivity contribution is 0.0691. The van der Waals surface area contributed by atoms with Crippen molar-refractivity contribution < 1.29 is 14.3 Å². The summed E-state index contributed by atoms with van der Waals surface area (Å²) in [4.78, 5) is 18.8. The summed E-state index contributed by atoms with van der Waals surface area (Å²) in [6, 6.07) is 1.19. The molecule has 1 aromatic heterocycles. The van der Waals surface area contributed by atoms with Crippen LogP contribution >= 0.6 is 0 Å². The van der Waals surface area contributed by atoms with E-state index in [-0.39, 0.29) is 11.4 Å². The zero-order valence-corrected chi connectivity index (χ0v) is 10.3. The molecule has 0 spiro atoms. The molecule has 0 atom stereocenters. The van der Waals surface area contributed by atoms with Crippen molar-refractivity contribution in [3.63, 3.8) is 0 Å². The van der Waals surface area contributed by atoms with Gasteiger partial charge in [0, 0.05) is 25.8 Å². The van der Waals surface area contributed by atoms with E-state index in [9.17, 15) is 9.18 Å². The van der Waals surface area contributed by atoms with Crippen molar-refractivity contribution in [2.75, 3.05) is 38.1 Å². The smallest absolute Gasteiger partial charge is 0.338 e. The molecule has 1 aliphatic heterocycles. The molecule has 0 saturated carbocycles. The molecule has 6 heteroatoms. The third kappa shape index (κ3) is 2.59. The molecule has 0 aliphatic carbocycles. The second-order valence-corrected chi connectivity index (χ2v) is 4.45. The van der Waals surface area contributed by atoms with E-state index in [2.05, 4.69) is 9.88 Å². The minimum absolute atomic E-state index is 0.144. The highest BCUT2D eigenvalue weighted by molar-refractivity contribution is 5.88. The zero-order valence-electron chi connectivity index (χ0n) is 10.3. The van der Waals surface area contributed by atoms with Crippen LogP contribution in [0.5, 0.6) is 0 Å². The van der Waals surface area contributed by atoms with Crippen LogP contribution in [0.3, 0.4) is 0 Å². The van der Waals surface area contributed by atoms with Crippen LogP contribution in [0.25, 0.3) is 0 Å². The number of hydrogen-bond acceptors (Lipinski definition) is 4. The van der Waals surface area contributed by atoms with Gasteiger partial charge < -0.3 is 14.9 Å². The molecule has 98 valence electrons. The number of aromatic nitrogens is 1. The number of hydrogen-bond donors (Lipinski definition) is 1. The summed E-state index contributed by atoms with van der Waals surface area (Å²) in [6.45, 7) is 3.12. The van der Waals surface area contributed by atoms with E-state index >= 15 is 0 Å².